The first kappa shape index (κ1) is 19.0. The molecule has 2 aromatic rings. The Bertz CT molecular complexity index is 653. The van der Waals surface area contributed by atoms with Gasteiger partial charge in [-0.2, -0.15) is 0 Å². The molecule has 0 aliphatic heterocycles. The van der Waals surface area contributed by atoms with E-state index in [2.05, 4.69) is 43.4 Å². The van der Waals surface area contributed by atoms with Crippen LogP contribution in [0.1, 0.15) is 42.9 Å². The molecule has 0 fully saturated rings. The molecule has 1 amide bonds. The van der Waals surface area contributed by atoms with Gasteiger partial charge in [0.05, 0.1) is 0 Å². The van der Waals surface area contributed by atoms with Gasteiger partial charge in [0.15, 0.2) is 0 Å². The fourth-order valence-corrected chi connectivity index (χ4v) is 2.45. The third-order valence-electron chi connectivity index (χ3n) is 3.98. The largest absolute Gasteiger partial charge is 0.399 e. The average Bonchev–Trinajstić information content (AvgIpc) is 2.51. The predicted molar refractivity (Wildman–Crippen MR) is 100 cm³/mol. The monoisotopic (exact) mass is 332 g/mol. The van der Waals surface area contributed by atoms with Gasteiger partial charge < -0.3 is 11.1 Å². The Morgan fingerprint density at radius 2 is 1.83 bits per heavy atom. The molecule has 23 heavy (non-hydrogen) atoms. The molecule has 3 N–H and O–H groups in total. The number of nitrogens with one attached hydrogen (secondary N) is 1. The molecule has 0 saturated heterocycles. The van der Waals surface area contributed by atoms with Gasteiger partial charge in [0.2, 0.25) is 5.91 Å². The van der Waals surface area contributed by atoms with Crippen LogP contribution >= 0.6 is 12.4 Å². The maximum Gasteiger partial charge on any atom is 0.224 e. The van der Waals surface area contributed by atoms with Crippen LogP contribution in [-0.2, 0) is 11.2 Å². The highest BCUT2D eigenvalue weighted by molar-refractivity contribution is 5.92. The van der Waals surface area contributed by atoms with Crippen LogP contribution in [0.2, 0.25) is 0 Å². The van der Waals surface area contributed by atoms with E-state index >= 15 is 0 Å². The van der Waals surface area contributed by atoms with Crippen LogP contribution < -0.4 is 11.1 Å². The minimum Gasteiger partial charge on any atom is -0.399 e. The first-order valence-electron chi connectivity index (χ1n) is 7.74. The fourth-order valence-electron chi connectivity index (χ4n) is 2.45. The van der Waals surface area contributed by atoms with Gasteiger partial charge in [-0.15, -0.1) is 12.4 Å². The second-order valence-electron chi connectivity index (χ2n) is 5.82. The van der Waals surface area contributed by atoms with Gasteiger partial charge in [-0.25, -0.2) is 0 Å². The first-order chi connectivity index (χ1) is 10.5. The predicted octanol–water partition coefficient (Wildman–Crippen LogP) is 4.69. The Morgan fingerprint density at radius 1 is 1.17 bits per heavy atom. The van der Waals surface area contributed by atoms with Crippen LogP contribution in [0.3, 0.4) is 0 Å². The third-order valence-corrected chi connectivity index (χ3v) is 3.98. The summed E-state index contributed by atoms with van der Waals surface area (Å²) in [7, 11) is 0. The molecule has 0 aliphatic carbocycles. The Labute approximate surface area is 144 Å². The summed E-state index contributed by atoms with van der Waals surface area (Å²) in [6.45, 7) is 6.18. The van der Waals surface area contributed by atoms with E-state index in [1.807, 2.05) is 19.1 Å². The molecule has 0 radical (unpaired) electrons. The van der Waals surface area contributed by atoms with Crippen LogP contribution in [0.25, 0.3) is 0 Å². The van der Waals surface area contributed by atoms with Crippen LogP contribution in [0.15, 0.2) is 42.5 Å². The van der Waals surface area contributed by atoms with E-state index in [-0.39, 0.29) is 24.2 Å². The summed E-state index contributed by atoms with van der Waals surface area (Å²) >= 11 is 0. The summed E-state index contributed by atoms with van der Waals surface area (Å²) in [5.41, 5.74) is 10.7. The van der Waals surface area contributed by atoms with Crippen molar-refractivity contribution >= 4 is 29.7 Å². The zero-order valence-corrected chi connectivity index (χ0v) is 14.7. The Morgan fingerprint density at radius 3 is 2.43 bits per heavy atom. The summed E-state index contributed by atoms with van der Waals surface area (Å²) in [6, 6.07) is 14.0. The Balaban J connectivity index is 0.00000264. The molecule has 0 aliphatic rings. The number of anilines is 2. The van der Waals surface area contributed by atoms with Gasteiger partial charge >= 0.3 is 0 Å². The van der Waals surface area contributed by atoms with Gasteiger partial charge in [0.25, 0.3) is 0 Å². The molecule has 0 bridgehead atoms. The first-order valence-corrected chi connectivity index (χ1v) is 7.74. The number of nitrogen functional groups attached to an aromatic ring is 1. The summed E-state index contributed by atoms with van der Waals surface area (Å²) in [6.07, 6.45) is 1.49. The number of rotatable bonds is 5. The maximum atomic E-state index is 12.2. The molecule has 0 heterocycles. The van der Waals surface area contributed by atoms with E-state index in [0.717, 1.165) is 17.7 Å². The summed E-state index contributed by atoms with van der Waals surface area (Å²) in [5.74, 6) is 0.202. The topological polar surface area (TPSA) is 55.1 Å². The fraction of sp³-hybridized carbons (Fsp3) is 0.316. The molecule has 2 rings (SSSR count). The highest BCUT2D eigenvalue weighted by Gasteiger charge is 2.12. The van der Waals surface area contributed by atoms with Crippen molar-refractivity contribution in [1.82, 2.24) is 0 Å². The van der Waals surface area contributed by atoms with E-state index < -0.39 is 0 Å². The zero-order chi connectivity index (χ0) is 16.1. The molecular formula is C19H25ClN2O. The average molecular weight is 333 g/mol. The normalized spacial score (nSPS) is 11.4. The molecule has 0 aromatic heterocycles. The van der Waals surface area contributed by atoms with Crippen LogP contribution in [-0.4, -0.2) is 5.91 Å². The highest BCUT2D eigenvalue weighted by Crippen LogP contribution is 2.22. The molecule has 1 unspecified atom stereocenters. The van der Waals surface area contributed by atoms with Crippen LogP contribution in [0.4, 0.5) is 11.4 Å². The lowest BCUT2D eigenvalue weighted by Gasteiger charge is -2.14. The Kier molecular flexibility index (Phi) is 7.11. The lowest BCUT2D eigenvalue weighted by atomic mass is 9.96. The zero-order valence-electron chi connectivity index (χ0n) is 13.9. The molecule has 4 heteroatoms. The lowest BCUT2D eigenvalue weighted by Crippen LogP contribution is -2.15. The molecule has 3 nitrogen and oxygen atoms in total. The van der Waals surface area contributed by atoms with Crippen molar-refractivity contribution in [2.45, 2.75) is 39.5 Å². The minimum absolute atomic E-state index is 0. The smallest absolute Gasteiger partial charge is 0.224 e. The van der Waals surface area contributed by atoms with Crippen molar-refractivity contribution in [1.29, 1.82) is 0 Å². The van der Waals surface area contributed by atoms with Crippen molar-refractivity contribution < 1.29 is 4.79 Å². The summed E-state index contributed by atoms with van der Waals surface area (Å²) in [4.78, 5) is 12.2. The number of carbonyl (C=O) groups is 1. The quantitative estimate of drug-likeness (QED) is 0.780. The number of halogens is 1. The number of carbonyl (C=O) groups excluding carboxylic acids is 1. The van der Waals surface area contributed by atoms with E-state index in [1.165, 1.54) is 11.1 Å². The van der Waals surface area contributed by atoms with E-state index in [1.54, 1.807) is 6.07 Å². The standard InChI is InChI=1S/C19H24N2O.ClH/c1-4-15-6-8-16(9-7-15)14(3)11-19(22)21-18-12-17(20)10-5-13(18)2;/h5-10,12,14H,4,11,20H2,1-3H3,(H,21,22);1H. The Hall–Kier alpha value is -2.00. The van der Waals surface area contributed by atoms with Gasteiger partial charge in [-0.05, 0) is 48.1 Å². The maximum absolute atomic E-state index is 12.2. The van der Waals surface area contributed by atoms with Gasteiger partial charge in [-0.1, -0.05) is 44.2 Å². The van der Waals surface area contributed by atoms with Crippen molar-refractivity contribution in [3.05, 3.63) is 59.2 Å². The van der Waals surface area contributed by atoms with Crippen molar-refractivity contribution in [3.8, 4) is 0 Å². The number of aryl methyl sites for hydroxylation is 2. The van der Waals surface area contributed by atoms with Crippen LogP contribution in [0, 0.1) is 6.92 Å². The van der Waals surface area contributed by atoms with Crippen molar-refractivity contribution in [2.24, 2.45) is 0 Å². The number of hydrogen-bond donors (Lipinski definition) is 2. The molecule has 1 atom stereocenters. The molecule has 2 aromatic carbocycles. The van der Waals surface area contributed by atoms with Gasteiger partial charge in [0.1, 0.15) is 0 Å². The molecular weight excluding hydrogens is 308 g/mol. The second-order valence-corrected chi connectivity index (χ2v) is 5.82. The number of amides is 1. The van der Waals surface area contributed by atoms with Crippen molar-refractivity contribution in [3.63, 3.8) is 0 Å². The van der Waals surface area contributed by atoms with E-state index in [4.69, 9.17) is 5.73 Å². The van der Waals surface area contributed by atoms with E-state index in [0.29, 0.717) is 12.1 Å². The number of benzene rings is 2. The van der Waals surface area contributed by atoms with E-state index in [9.17, 15) is 4.79 Å². The lowest BCUT2D eigenvalue weighted by molar-refractivity contribution is -0.116. The van der Waals surface area contributed by atoms with Gasteiger partial charge in [0, 0.05) is 17.8 Å². The summed E-state index contributed by atoms with van der Waals surface area (Å²) < 4.78 is 0. The number of hydrogen-bond acceptors (Lipinski definition) is 2. The van der Waals surface area contributed by atoms with Gasteiger partial charge in [-0.3, -0.25) is 4.79 Å². The van der Waals surface area contributed by atoms with Crippen LogP contribution in [0.5, 0.6) is 0 Å². The molecule has 0 saturated carbocycles. The molecule has 124 valence electrons. The SMILES string of the molecule is CCc1ccc(C(C)CC(=O)Nc2cc(N)ccc2C)cc1.Cl. The molecule has 0 spiro atoms. The highest BCUT2D eigenvalue weighted by atomic mass is 35.5. The summed E-state index contributed by atoms with van der Waals surface area (Å²) in [5, 5.41) is 2.96. The van der Waals surface area contributed by atoms with Crippen molar-refractivity contribution in [2.75, 3.05) is 11.1 Å². The second kappa shape index (κ2) is 8.59. The number of nitrogens with two attached hydrogens (primary N) is 1. The third kappa shape index (κ3) is 5.29. The minimum atomic E-state index is 0.